The summed E-state index contributed by atoms with van der Waals surface area (Å²) in [7, 11) is 3.02. The van der Waals surface area contributed by atoms with Crippen LogP contribution in [-0.4, -0.2) is 84.9 Å². The molecule has 0 unspecified atom stereocenters. The average Bonchev–Trinajstić information content (AvgIpc) is 3.69. The van der Waals surface area contributed by atoms with Crippen LogP contribution in [0.3, 0.4) is 0 Å². The van der Waals surface area contributed by atoms with Crippen molar-refractivity contribution in [1.82, 2.24) is 15.5 Å². The van der Waals surface area contributed by atoms with Crippen molar-refractivity contribution in [3.8, 4) is 22.6 Å². The molecule has 3 N–H and O–H groups in total. The normalized spacial score (nSPS) is 17.2. The Morgan fingerprint density at radius 2 is 1.57 bits per heavy atom. The minimum atomic E-state index is -1.16. The van der Waals surface area contributed by atoms with Crippen molar-refractivity contribution >= 4 is 35.8 Å². The Labute approximate surface area is 302 Å². The van der Waals surface area contributed by atoms with Crippen LogP contribution in [0.15, 0.2) is 66.7 Å². The van der Waals surface area contributed by atoms with Crippen LogP contribution in [0.2, 0.25) is 0 Å². The molecule has 1 aliphatic carbocycles. The molecule has 13 heteroatoms. The first-order valence-corrected chi connectivity index (χ1v) is 17.9. The molecule has 272 valence electrons. The van der Waals surface area contributed by atoms with E-state index in [1.807, 2.05) is 48.5 Å². The van der Waals surface area contributed by atoms with Crippen LogP contribution in [0.1, 0.15) is 68.0 Å². The summed E-state index contributed by atoms with van der Waals surface area (Å²) in [4.78, 5) is 53.8. The molecule has 1 saturated heterocycles. The van der Waals surface area contributed by atoms with Crippen LogP contribution in [0.25, 0.3) is 11.1 Å². The van der Waals surface area contributed by atoms with Gasteiger partial charge in [-0.3, -0.25) is 4.79 Å². The Bertz CT molecular complexity index is 1700. The summed E-state index contributed by atoms with van der Waals surface area (Å²) >= 11 is 1.30. The van der Waals surface area contributed by atoms with E-state index in [9.17, 15) is 24.3 Å². The molecule has 1 heterocycles. The van der Waals surface area contributed by atoms with Gasteiger partial charge in [-0.1, -0.05) is 48.5 Å². The van der Waals surface area contributed by atoms with Gasteiger partial charge >= 0.3 is 18.2 Å². The number of fused-ring (bicyclic) bond motifs is 3. The number of hydrogen-bond acceptors (Lipinski definition) is 9. The van der Waals surface area contributed by atoms with Gasteiger partial charge in [-0.25, -0.2) is 14.4 Å². The van der Waals surface area contributed by atoms with E-state index < -0.39 is 47.1 Å². The van der Waals surface area contributed by atoms with Crippen molar-refractivity contribution in [2.75, 3.05) is 33.1 Å². The quantitative estimate of drug-likeness (QED) is 0.171. The monoisotopic (exact) mass is 719 g/mol. The molecular weight excluding hydrogens is 674 g/mol. The molecule has 1 fully saturated rings. The van der Waals surface area contributed by atoms with Gasteiger partial charge in [0.25, 0.3) is 0 Å². The molecule has 0 saturated carbocycles. The van der Waals surface area contributed by atoms with E-state index in [1.54, 1.807) is 39.0 Å². The van der Waals surface area contributed by atoms with Gasteiger partial charge < -0.3 is 39.6 Å². The molecule has 0 bridgehead atoms. The fourth-order valence-corrected chi connectivity index (χ4v) is 7.88. The van der Waals surface area contributed by atoms with Crippen LogP contribution in [0.5, 0.6) is 11.5 Å². The summed E-state index contributed by atoms with van der Waals surface area (Å²) in [5.74, 6) is -0.796. The van der Waals surface area contributed by atoms with Crippen molar-refractivity contribution in [1.29, 1.82) is 0 Å². The zero-order valence-corrected chi connectivity index (χ0v) is 30.3. The van der Waals surface area contributed by atoms with Crippen molar-refractivity contribution in [3.63, 3.8) is 0 Å². The van der Waals surface area contributed by atoms with Gasteiger partial charge in [-0.05, 0) is 74.4 Å². The zero-order chi connectivity index (χ0) is 36.7. The molecule has 0 spiro atoms. The Morgan fingerprint density at radius 3 is 2.18 bits per heavy atom. The number of unbranched alkanes of at least 4 members (excludes halogenated alkanes) is 1. The maximum Gasteiger partial charge on any atom is 0.407 e. The zero-order valence-electron chi connectivity index (χ0n) is 29.5. The fourth-order valence-electron chi connectivity index (χ4n) is 6.43. The average molecular weight is 720 g/mol. The number of nitrogens with one attached hydrogen (secondary N) is 2. The van der Waals surface area contributed by atoms with Crippen molar-refractivity contribution in [2.45, 2.75) is 69.0 Å². The van der Waals surface area contributed by atoms with E-state index in [0.29, 0.717) is 29.9 Å². The third-order valence-electron chi connectivity index (χ3n) is 8.77. The van der Waals surface area contributed by atoms with E-state index in [2.05, 4.69) is 10.6 Å². The van der Waals surface area contributed by atoms with Gasteiger partial charge in [0.1, 0.15) is 41.2 Å². The van der Waals surface area contributed by atoms with Crippen molar-refractivity contribution in [3.05, 3.63) is 83.4 Å². The van der Waals surface area contributed by atoms with Crippen molar-refractivity contribution in [2.24, 2.45) is 0 Å². The third-order valence-corrected chi connectivity index (χ3v) is 10.1. The van der Waals surface area contributed by atoms with Crippen LogP contribution in [0, 0.1) is 0 Å². The summed E-state index contributed by atoms with van der Waals surface area (Å²) in [6.45, 7) is 5.64. The number of rotatable bonds is 13. The number of carbonyl (C=O) groups is 4. The van der Waals surface area contributed by atoms with Gasteiger partial charge in [0.05, 0.1) is 14.2 Å². The predicted octanol–water partition coefficient (Wildman–Crippen LogP) is 6.33. The van der Waals surface area contributed by atoms with E-state index in [1.165, 1.54) is 30.9 Å². The highest BCUT2D eigenvalue weighted by Crippen LogP contribution is 2.46. The lowest BCUT2D eigenvalue weighted by atomic mass is 9.98. The highest BCUT2D eigenvalue weighted by atomic mass is 32.2. The standard InChI is InChI=1S/C38H45N3O9S/c1-38(2,3)50-36(45)39-19-11-10-16-30(40-37(46)49-21-29-26-14-8-6-12-24(26)25-13-7-9-15-27(25)29)33(42)41-31(35(43)44)22-51-34(41)28-18-17-23(47-4)20-32(28)48-5/h6-9,12-15,17-18,20,29-31,34H,10-11,16,19,21-22H2,1-5H3,(H,39,45)(H,40,46)(H,43,44)/t30-,31-,34-/m0/s1. The molecule has 1 aliphatic heterocycles. The molecule has 51 heavy (non-hydrogen) atoms. The molecule has 2 aliphatic rings. The summed E-state index contributed by atoms with van der Waals surface area (Å²) in [6.07, 6.45) is -0.284. The number of benzene rings is 3. The number of methoxy groups -OCH3 is 2. The molecule has 3 amide bonds. The second kappa shape index (κ2) is 16.4. The lowest BCUT2D eigenvalue weighted by molar-refractivity contribution is -0.150. The van der Waals surface area contributed by atoms with E-state index in [4.69, 9.17) is 18.9 Å². The number of amides is 3. The summed E-state index contributed by atoms with van der Waals surface area (Å²) in [5.41, 5.74) is 4.22. The third kappa shape index (κ3) is 8.88. The topological polar surface area (TPSA) is 153 Å². The smallest absolute Gasteiger partial charge is 0.407 e. The molecule has 3 aromatic carbocycles. The first-order valence-electron chi connectivity index (χ1n) is 16.9. The Morgan fingerprint density at radius 1 is 0.902 bits per heavy atom. The van der Waals surface area contributed by atoms with Gasteiger partial charge in [0.2, 0.25) is 5.91 Å². The SMILES string of the molecule is COc1ccc([C@@H]2SC[C@@H](C(=O)O)N2C(=O)[C@H](CCCCNC(=O)OC(C)(C)C)NC(=O)OCC2c3ccccc3-c3ccccc32)c(OC)c1. The molecule has 3 atom stereocenters. The molecular formula is C38H45N3O9S. The maximum absolute atomic E-state index is 14.4. The van der Waals surface area contributed by atoms with Crippen LogP contribution < -0.4 is 20.1 Å². The Kier molecular flexibility index (Phi) is 12.0. The summed E-state index contributed by atoms with van der Waals surface area (Å²) in [5, 5.41) is 14.9. The molecule has 0 aromatic heterocycles. The lowest BCUT2D eigenvalue weighted by Gasteiger charge is -2.32. The number of alkyl carbamates (subject to hydrolysis) is 2. The van der Waals surface area contributed by atoms with Crippen LogP contribution in [0.4, 0.5) is 9.59 Å². The Hall–Kier alpha value is -4.91. The largest absolute Gasteiger partial charge is 0.497 e. The van der Waals surface area contributed by atoms with E-state index in [-0.39, 0.29) is 31.2 Å². The van der Waals surface area contributed by atoms with Crippen LogP contribution in [-0.2, 0) is 19.1 Å². The number of carbonyl (C=O) groups excluding carboxylic acids is 3. The lowest BCUT2D eigenvalue weighted by Crippen LogP contribution is -2.53. The van der Waals surface area contributed by atoms with Gasteiger partial charge in [0, 0.05) is 29.8 Å². The fraction of sp³-hybridized carbons (Fsp3) is 0.421. The summed E-state index contributed by atoms with van der Waals surface area (Å²) in [6, 6.07) is 18.8. The molecule has 3 aromatic rings. The van der Waals surface area contributed by atoms with E-state index >= 15 is 0 Å². The van der Waals surface area contributed by atoms with E-state index in [0.717, 1.165) is 22.3 Å². The number of thioether (sulfide) groups is 1. The minimum absolute atomic E-state index is 0.0452. The number of ether oxygens (including phenoxy) is 4. The van der Waals surface area contributed by atoms with Crippen molar-refractivity contribution < 1.29 is 43.2 Å². The number of carboxylic acids is 1. The van der Waals surface area contributed by atoms with Gasteiger partial charge in [-0.2, -0.15) is 0 Å². The second-order valence-corrected chi connectivity index (χ2v) is 14.5. The predicted molar refractivity (Wildman–Crippen MR) is 193 cm³/mol. The Balaban J connectivity index is 1.34. The number of aliphatic carboxylic acids is 1. The van der Waals surface area contributed by atoms with Gasteiger partial charge in [0.15, 0.2) is 0 Å². The first-order chi connectivity index (χ1) is 24.4. The number of hydrogen-bond donors (Lipinski definition) is 3. The molecule has 12 nitrogen and oxygen atoms in total. The van der Waals surface area contributed by atoms with Crippen LogP contribution >= 0.6 is 11.8 Å². The highest BCUT2D eigenvalue weighted by molar-refractivity contribution is 7.99. The second-order valence-electron chi connectivity index (χ2n) is 13.3. The molecule has 5 rings (SSSR count). The first kappa shape index (κ1) is 37.3. The number of carboxylic acid groups (broad SMARTS) is 1. The molecule has 0 radical (unpaired) electrons. The maximum atomic E-state index is 14.4. The van der Waals surface area contributed by atoms with Gasteiger partial charge in [-0.15, -0.1) is 11.8 Å². The minimum Gasteiger partial charge on any atom is -0.497 e. The number of nitrogens with zero attached hydrogens (tertiary/aromatic N) is 1. The highest BCUT2D eigenvalue weighted by Gasteiger charge is 2.45. The summed E-state index contributed by atoms with van der Waals surface area (Å²) < 4.78 is 22.0.